The summed E-state index contributed by atoms with van der Waals surface area (Å²) in [6, 6.07) is 6.41. The van der Waals surface area contributed by atoms with Crippen LogP contribution >= 0.6 is 0 Å². The third-order valence-corrected chi connectivity index (χ3v) is 6.97. The molecular formula is C23H30N6O. The molecule has 5 rings (SSSR count). The number of hydrogen-bond acceptors (Lipinski definition) is 5. The largest absolute Gasteiger partial charge is 0.322 e. The number of hydrogen-bond donors (Lipinski definition) is 1. The number of H-pyrrole nitrogens is 1. The third-order valence-electron chi connectivity index (χ3n) is 6.97. The van der Waals surface area contributed by atoms with E-state index < -0.39 is 0 Å². The van der Waals surface area contributed by atoms with Gasteiger partial charge in [-0.15, -0.1) is 5.10 Å². The van der Waals surface area contributed by atoms with Gasteiger partial charge in [0.1, 0.15) is 6.04 Å². The van der Waals surface area contributed by atoms with E-state index in [0.29, 0.717) is 6.04 Å². The van der Waals surface area contributed by atoms with E-state index in [1.807, 2.05) is 4.68 Å². The summed E-state index contributed by atoms with van der Waals surface area (Å²) in [6.45, 7) is 6.12. The number of benzene rings is 1. The van der Waals surface area contributed by atoms with Gasteiger partial charge < -0.3 is 4.98 Å². The summed E-state index contributed by atoms with van der Waals surface area (Å²) < 4.78 is 2.02. The van der Waals surface area contributed by atoms with Gasteiger partial charge in [0.15, 0.2) is 5.82 Å². The molecular weight excluding hydrogens is 376 g/mol. The van der Waals surface area contributed by atoms with Gasteiger partial charge in [-0.2, -0.15) is 0 Å². The first-order valence-corrected chi connectivity index (χ1v) is 11.3. The van der Waals surface area contributed by atoms with Gasteiger partial charge in [-0.05, 0) is 97.8 Å². The highest BCUT2D eigenvalue weighted by atomic mass is 16.1. The highest BCUT2D eigenvalue weighted by molar-refractivity contribution is 5.81. The van der Waals surface area contributed by atoms with Crippen molar-refractivity contribution in [2.24, 2.45) is 0 Å². The monoisotopic (exact) mass is 406 g/mol. The normalized spacial score (nSPS) is 19.5. The maximum Gasteiger partial charge on any atom is 0.253 e. The van der Waals surface area contributed by atoms with Crippen molar-refractivity contribution in [3.8, 4) is 0 Å². The lowest BCUT2D eigenvalue weighted by atomic mass is 9.95. The molecule has 0 bridgehead atoms. The van der Waals surface area contributed by atoms with E-state index in [2.05, 4.69) is 57.5 Å². The van der Waals surface area contributed by atoms with E-state index in [0.717, 1.165) is 61.1 Å². The Hall–Kier alpha value is -2.54. The van der Waals surface area contributed by atoms with Gasteiger partial charge >= 0.3 is 0 Å². The van der Waals surface area contributed by atoms with Crippen molar-refractivity contribution in [2.75, 3.05) is 13.1 Å². The second-order valence-corrected chi connectivity index (χ2v) is 9.00. The van der Waals surface area contributed by atoms with Crippen molar-refractivity contribution in [2.45, 2.75) is 70.9 Å². The Labute approximate surface area is 176 Å². The molecule has 2 fully saturated rings. The molecule has 1 aromatic carbocycles. The van der Waals surface area contributed by atoms with Crippen molar-refractivity contribution in [1.82, 2.24) is 30.1 Å². The van der Waals surface area contributed by atoms with Gasteiger partial charge in [0.25, 0.3) is 5.56 Å². The lowest BCUT2D eigenvalue weighted by Crippen LogP contribution is -2.34. The first kappa shape index (κ1) is 19.4. The molecule has 1 atom stereocenters. The molecule has 0 unspecified atom stereocenters. The van der Waals surface area contributed by atoms with Crippen LogP contribution in [0.25, 0.3) is 10.9 Å². The Morgan fingerprint density at radius 2 is 1.73 bits per heavy atom. The summed E-state index contributed by atoms with van der Waals surface area (Å²) in [4.78, 5) is 18.8. The summed E-state index contributed by atoms with van der Waals surface area (Å²) in [7, 11) is 0. The molecule has 1 aliphatic heterocycles. The van der Waals surface area contributed by atoms with Crippen LogP contribution in [0.5, 0.6) is 0 Å². The fourth-order valence-corrected chi connectivity index (χ4v) is 5.16. The molecule has 1 N–H and O–H groups in total. The summed E-state index contributed by atoms with van der Waals surface area (Å²) in [5.74, 6) is 0.817. The Morgan fingerprint density at radius 1 is 1.00 bits per heavy atom. The van der Waals surface area contributed by atoms with Crippen molar-refractivity contribution >= 4 is 10.9 Å². The summed E-state index contributed by atoms with van der Waals surface area (Å²) in [5.41, 5.74) is 4.01. The van der Waals surface area contributed by atoms with Gasteiger partial charge in [-0.1, -0.05) is 19.3 Å². The quantitative estimate of drug-likeness (QED) is 0.712. The third kappa shape index (κ3) is 3.45. The average molecular weight is 407 g/mol. The molecule has 158 valence electrons. The predicted molar refractivity (Wildman–Crippen MR) is 117 cm³/mol. The van der Waals surface area contributed by atoms with Crippen LogP contribution in [0.1, 0.15) is 79.5 Å². The fourth-order valence-electron chi connectivity index (χ4n) is 5.16. The topological polar surface area (TPSA) is 79.7 Å². The van der Waals surface area contributed by atoms with Crippen molar-refractivity contribution in [1.29, 1.82) is 0 Å². The van der Waals surface area contributed by atoms with Crippen LogP contribution in [0.4, 0.5) is 0 Å². The number of nitrogens with one attached hydrogen (secondary N) is 1. The molecule has 0 amide bonds. The van der Waals surface area contributed by atoms with Crippen LogP contribution in [-0.4, -0.2) is 43.2 Å². The number of aromatic nitrogens is 5. The molecule has 0 radical (unpaired) electrons. The summed E-state index contributed by atoms with van der Waals surface area (Å²) >= 11 is 0. The molecule has 3 aromatic rings. The summed E-state index contributed by atoms with van der Waals surface area (Å²) in [5, 5.41) is 14.0. The Balaban J connectivity index is 1.64. The minimum absolute atomic E-state index is 0.0409. The second kappa shape index (κ2) is 7.95. The van der Waals surface area contributed by atoms with Crippen LogP contribution in [0.3, 0.4) is 0 Å². The number of tetrazole rings is 1. The molecule has 7 heteroatoms. The van der Waals surface area contributed by atoms with Crippen LogP contribution in [0.2, 0.25) is 0 Å². The highest BCUT2D eigenvalue weighted by Gasteiger charge is 2.33. The highest BCUT2D eigenvalue weighted by Crippen LogP contribution is 2.34. The van der Waals surface area contributed by atoms with Gasteiger partial charge in [0.05, 0.1) is 6.04 Å². The SMILES string of the molecule is Cc1cc2cc([C@H](c3nnnn3C3CCCCC3)N3CCCC3)c(=O)[nH]c2cc1C. The van der Waals surface area contributed by atoms with Gasteiger partial charge in [-0.3, -0.25) is 9.69 Å². The first-order valence-electron chi connectivity index (χ1n) is 11.3. The average Bonchev–Trinajstić information content (AvgIpc) is 3.44. The zero-order valence-electron chi connectivity index (χ0n) is 17.9. The van der Waals surface area contributed by atoms with Crippen LogP contribution < -0.4 is 5.56 Å². The molecule has 2 aliphatic rings. The second-order valence-electron chi connectivity index (χ2n) is 9.00. The molecule has 7 nitrogen and oxygen atoms in total. The number of pyridine rings is 1. The zero-order valence-corrected chi connectivity index (χ0v) is 17.9. The molecule has 1 aliphatic carbocycles. The smallest absolute Gasteiger partial charge is 0.253 e. The van der Waals surface area contributed by atoms with Crippen LogP contribution in [0.15, 0.2) is 23.0 Å². The van der Waals surface area contributed by atoms with E-state index in [1.54, 1.807) is 0 Å². The lowest BCUT2D eigenvalue weighted by Gasteiger charge is -2.29. The first-order chi connectivity index (χ1) is 14.6. The number of nitrogens with zero attached hydrogens (tertiary/aromatic N) is 5. The van der Waals surface area contributed by atoms with E-state index in [9.17, 15) is 4.79 Å². The maximum absolute atomic E-state index is 13.3. The molecule has 1 saturated carbocycles. The number of rotatable bonds is 4. The zero-order chi connectivity index (χ0) is 20.7. The van der Waals surface area contributed by atoms with Crippen molar-refractivity contribution in [3.63, 3.8) is 0 Å². The van der Waals surface area contributed by atoms with E-state index in [-0.39, 0.29) is 11.6 Å². The number of fused-ring (bicyclic) bond motifs is 1. The van der Waals surface area contributed by atoms with Crippen molar-refractivity contribution in [3.05, 3.63) is 51.1 Å². The van der Waals surface area contributed by atoms with Crippen LogP contribution in [-0.2, 0) is 0 Å². The Morgan fingerprint density at radius 3 is 2.50 bits per heavy atom. The number of aromatic amines is 1. The molecule has 0 spiro atoms. The lowest BCUT2D eigenvalue weighted by molar-refractivity contribution is 0.243. The summed E-state index contributed by atoms with van der Waals surface area (Å²) in [6.07, 6.45) is 8.22. The number of aryl methyl sites for hydroxylation is 2. The van der Waals surface area contributed by atoms with Gasteiger partial charge in [0, 0.05) is 11.1 Å². The molecule has 30 heavy (non-hydrogen) atoms. The minimum Gasteiger partial charge on any atom is -0.322 e. The Bertz CT molecular complexity index is 1100. The number of likely N-dealkylation sites (tertiary alicyclic amines) is 1. The van der Waals surface area contributed by atoms with E-state index >= 15 is 0 Å². The van der Waals surface area contributed by atoms with Crippen molar-refractivity contribution < 1.29 is 0 Å². The standard InChI is InChI=1S/C23H30N6O/c1-15-12-17-14-19(23(30)24-20(17)13-16(15)2)21(28-10-6-7-11-28)22-25-26-27-29(22)18-8-4-3-5-9-18/h12-14,18,21H,3-11H2,1-2H3,(H,24,30)/t21-/m1/s1. The van der Waals surface area contributed by atoms with Gasteiger partial charge in [0.2, 0.25) is 0 Å². The fraction of sp³-hybridized carbons (Fsp3) is 0.565. The molecule has 1 saturated heterocycles. The van der Waals surface area contributed by atoms with E-state index in [4.69, 9.17) is 0 Å². The van der Waals surface area contributed by atoms with E-state index in [1.165, 1.54) is 30.4 Å². The Kier molecular flexibility index (Phi) is 5.15. The maximum atomic E-state index is 13.3. The predicted octanol–water partition coefficient (Wildman–Crippen LogP) is 3.82. The molecule has 3 heterocycles. The van der Waals surface area contributed by atoms with Gasteiger partial charge in [-0.25, -0.2) is 4.68 Å². The molecule has 2 aromatic heterocycles. The minimum atomic E-state index is -0.209. The van der Waals surface area contributed by atoms with Crippen LogP contribution in [0, 0.1) is 13.8 Å².